The van der Waals surface area contributed by atoms with Crippen molar-refractivity contribution < 1.29 is 9.59 Å². The maximum atomic E-state index is 12.8. The van der Waals surface area contributed by atoms with Crippen LogP contribution in [0, 0.1) is 0 Å². The van der Waals surface area contributed by atoms with Crippen LogP contribution < -0.4 is 10.6 Å². The Hall–Kier alpha value is -2.66. The van der Waals surface area contributed by atoms with Gasteiger partial charge in [-0.2, -0.15) is 0 Å². The molecule has 142 valence electrons. The van der Waals surface area contributed by atoms with Crippen LogP contribution in [0.25, 0.3) is 0 Å². The Labute approximate surface area is 160 Å². The molecule has 0 radical (unpaired) electrons. The summed E-state index contributed by atoms with van der Waals surface area (Å²) in [5, 5.41) is 5.96. The summed E-state index contributed by atoms with van der Waals surface area (Å²) in [6.45, 7) is 4.98. The van der Waals surface area contributed by atoms with Crippen LogP contribution in [0.4, 0.5) is 0 Å². The van der Waals surface area contributed by atoms with Gasteiger partial charge >= 0.3 is 0 Å². The van der Waals surface area contributed by atoms with Crippen LogP contribution in [0.3, 0.4) is 0 Å². The molecule has 1 heterocycles. The second-order valence-corrected chi connectivity index (χ2v) is 7.05. The first-order valence-electron chi connectivity index (χ1n) is 9.53. The van der Waals surface area contributed by atoms with E-state index in [4.69, 9.17) is 0 Å². The van der Waals surface area contributed by atoms with Crippen molar-refractivity contribution in [1.29, 1.82) is 0 Å². The van der Waals surface area contributed by atoms with Crippen molar-refractivity contribution >= 4 is 11.8 Å². The van der Waals surface area contributed by atoms with Gasteiger partial charge in [0.25, 0.3) is 5.91 Å². The van der Waals surface area contributed by atoms with Gasteiger partial charge in [0, 0.05) is 25.6 Å². The Morgan fingerprint density at radius 3 is 2.30 bits per heavy atom. The number of rotatable bonds is 7. The second kappa shape index (κ2) is 9.33. The van der Waals surface area contributed by atoms with Crippen LogP contribution in [0.1, 0.15) is 47.3 Å². The predicted octanol–water partition coefficient (Wildman–Crippen LogP) is 2.89. The van der Waals surface area contributed by atoms with Crippen molar-refractivity contribution in [2.24, 2.45) is 0 Å². The molecule has 0 bridgehead atoms. The van der Waals surface area contributed by atoms with Crippen LogP contribution in [0.2, 0.25) is 0 Å². The molecule has 27 heavy (non-hydrogen) atoms. The number of carbonyl (C=O) groups excluding carboxylic acids is 2. The summed E-state index contributed by atoms with van der Waals surface area (Å²) < 4.78 is 0. The molecule has 0 aromatic heterocycles. The number of nitrogens with zero attached hydrogens (tertiary/aromatic N) is 1. The first-order valence-corrected chi connectivity index (χ1v) is 9.53. The third kappa shape index (κ3) is 5.66. The highest BCUT2D eigenvalue weighted by atomic mass is 16.2. The van der Waals surface area contributed by atoms with Gasteiger partial charge in [0.2, 0.25) is 5.91 Å². The molecule has 2 N–H and O–H groups in total. The number of amides is 2. The molecule has 1 unspecified atom stereocenters. The fourth-order valence-corrected chi connectivity index (χ4v) is 3.39. The SMILES string of the molecule is CC(=O)NCc1ccc(C(=O)NC(CN2CCCC2)c2ccccc2)cc1. The van der Waals surface area contributed by atoms with Crippen LogP contribution in [0.5, 0.6) is 0 Å². The molecular formula is C22H27N3O2. The summed E-state index contributed by atoms with van der Waals surface area (Å²) in [5.74, 6) is -0.140. The average molecular weight is 365 g/mol. The molecule has 1 saturated heterocycles. The zero-order valence-electron chi connectivity index (χ0n) is 15.8. The molecule has 3 rings (SSSR count). The largest absolute Gasteiger partial charge is 0.352 e. The minimum atomic E-state index is -0.0749. The zero-order valence-corrected chi connectivity index (χ0v) is 15.8. The summed E-state index contributed by atoms with van der Waals surface area (Å²) >= 11 is 0. The average Bonchev–Trinajstić information content (AvgIpc) is 3.20. The van der Waals surface area contributed by atoms with Crippen molar-refractivity contribution in [2.75, 3.05) is 19.6 Å². The molecule has 1 aliphatic rings. The van der Waals surface area contributed by atoms with E-state index in [1.54, 1.807) is 0 Å². The summed E-state index contributed by atoms with van der Waals surface area (Å²) in [5.41, 5.74) is 2.72. The molecule has 2 aromatic rings. The smallest absolute Gasteiger partial charge is 0.251 e. The maximum absolute atomic E-state index is 12.8. The lowest BCUT2D eigenvalue weighted by Crippen LogP contribution is -2.37. The van der Waals surface area contributed by atoms with E-state index < -0.39 is 0 Å². The lowest BCUT2D eigenvalue weighted by molar-refractivity contribution is -0.119. The highest BCUT2D eigenvalue weighted by Gasteiger charge is 2.21. The summed E-state index contributed by atoms with van der Waals surface area (Å²) in [7, 11) is 0. The third-order valence-electron chi connectivity index (χ3n) is 4.90. The summed E-state index contributed by atoms with van der Waals surface area (Å²) in [6.07, 6.45) is 2.45. The Bertz CT molecular complexity index is 753. The molecule has 1 atom stereocenters. The first kappa shape index (κ1) is 19.1. The maximum Gasteiger partial charge on any atom is 0.251 e. The van der Waals surface area contributed by atoms with Crippen LogP contribution in [-0.4, -0.2) is 36.3 Å². The minimum Gasteiger partial charge on any atom is -0.352 e. The molecule has 0 spiro atoms. The van der Waals surface area contributed by atoms with E-state index in [9.17, 15) is 9.59 Å². The van der Waals surface area contributed by atoms with Gasteiger partial charge in [-0.05, 0) is 49.2 Å². The van der Waals surface area contributed by atoms with E-state index in [1.165, 1.54) is 19.8 Å². The van der Waals surface area contributed by atoms with Crippen LogP contribution >= 0.6 is 0 Å². The number of likely N-dealkylation sites (tertiary alicyclic amines) is 1. The lowest BCUT2D eigenvalue weighted by atomic mass is 10.1. The van der Waals surface area contributed by atoms with Crippen molar-refractivity contribution in [3.05, 3.63) is 71.3 Å². The van der Waals surface area contributed by atoms with Gasteiger partial charge in [-0.1, -0.05) is 42.5 Å². The van der Waals surface area contributed by atoms with Gasteiger partial charge in [0.15, 0.2) is 0 Å². The molecule has 5 nitrogen and oxygen atoms in total. The van der Waals surface area contributed by atoms with E-state index in [2.05, 4.69) is 27.7 Å². The predicted molar refractivity (Wildman–Crippen MR) is 106 cm³/mol. The number of hydrogen-bond acceptors (Lipinski definition) is 3. The van der Waals surface area contributed by atoms with E-state index >= 15 is 0 Å². The van der Waals surface area contributed by atoms with Gasteiger partial charge in [-0.25, -0.2) is 0 Å². The van der Waals surface area contributed by atoms with Crippen molar-refractivity contribution in [3.63, 3.8) is 0 Å². The van der Waals surface area contributed by atoms with E-state index in [-0.39, 0.29) is 17.9 Å². The Morgan fingerprint density at radius 1 is 1.00 bits per heavy atom. The summed E-state index contributed by atoms with van der Waals surface area (Å²) in [4.78, 5) is 26.2. The fourth-order valence-electron chi connectivity index (χ4n) is 3.39. The number of nitrogens with one attached hydrogen (secondary N) is 2. The molecule has 2 aromatic carbocycles. The fraction of sp³-hybridized carbons (Fsp3) is 0.364. The van der Waals surface area contributed by atoms with Crippen LogP contribution in [0.15, 0.2) is 54.6 Å². The number of hydrogen-bond donors (Lipinski definition) is 2. The van der Waals surface area contributed by atoms with Crippen molar-refractivity contribution in [1.82, 2.24) is 15.5 Å². The van der Waals surface area contributed by atoms with E-state index in [1.807, 2.05) is 42.5 Å². The van der Waals surface area contributed by atoms with Crippen molar-refractivity contribution in [3.8, 4) is 0 Å². The first-order chi connectivity index (χ1) is 13.1. The molecule has 0 saturated carbocycles. The van der Waals surface area contributed by atoms with Gasteiger partial charge in [0.1, 0.15) is 0 Å². The quantitative estimate of drug-likeness (QED) is 0.793. The Morgan fingerprint density at radius 2 is 1.67 bits per heavy atom. The monoisotopic (exact) mass is 365 g/mol. The normalized spacial score (nSPS) is 15.3. The minimum absolute atomic E-state index is 0.0316. The highest BCUT2D eigenvalue weighted by Crippen LogP contribution is 2.18. The Kier molecular flexibility index (Phi) is 6.60. The van der Waals surface area contributed by atoms with Gasteiger partial charge < -0.3 is 15.5 Å². The second-order valence-electron chi connectivity index (χ2n) is 7.05. The standard InChI is InChI=1S/C22H27N3O2/c1-17(26)23-15-18-9-11-20(12-10-18)22(27)24-21(16-25-13-5-6-14-25)19-7-3-2-4-8-19/h2-4,7-12,21H,5-6,13-16H2,1H3,(H,23,26)(H,24,27). The van der Waals surface area contributed by atoms with Gasteiger partial charge in [-0.15, -0.1) is 0 Å². The lowest BCUT2D eigenvalue weighted by Gasteiger charge is -2.25. The van der Waals surface area contributed by atoms with Gasteiger partial charge in [0.05, 0.1) is 6.04 Å². The van der Waals surface area contributed by atoms with Crippen molar-refractivity contribution in [2.45, 2.75) is 32.4 Å². The Balaban J connectivity index is 1.67. The highest BCUT2D eigenvalue weighted by molar-refractivity contribution is 5.94. The molecule has 5 heteroatoms. The number of carbonyl (C=O) groups is 2. The topological polar surface area (TPSA) is 61.4 Å². The van der Waals surface area contributed by atoms with E-state index in [0.29, 0.717) is 12.1 Å². The molecule has 1 fully saturated rings. The molecule has 2 amide bonds. The number of benzene rings is 2. The molecule has 1 aliphatic heterocycles. The third-order valence-corrected chi connectivity index (χ3v) is 4.90. The molecule has 0 aliphatic carbocycles. The van der Waals surface area contributed by atoms with E-state index in [0.717, 1.165) is 30.8 Å². The molecular weight excluding hydrogens is 338 g/mol. The zero-order chi connectivity index (χ0) is 19.1. The summed E-state index contributed by atoms with van der Waals surface area (Å²) in [6, 6.07) is 17.5. The van der Waals surface area contributed by atoms with Gasteiger partial charge in [-0.3, -0.25) is 9.59 Å². The van der Waals surface area contributed by atoms with Crippen LogP contribution in [-0.2, 0) is 11.3 Å².